The monoisotopic (exact) mass is 396 g/mol. The number of methoxy groups -OCH3 is 1. The minimum Gasteiger partial charge on any atom is -0.497 e. The van der Waals surface area contributed by atoms with Gasteiger partial charge in [-0.15, -0.1) is 16.4 Å². The lowest BCUT2D eigenvalue weighted by Crippen LogP contribution is -2.29. The second-order valence-corrected chi connectivity index (χ2v) is 7.21. The predicted molar refractivity (Wildman–Crippen MR) is 107 cm³/mol. The van der Waals surface area contributed by atoms with Gasteiger partial charge in [0.05, 0.1) is 19.3 Å². The molecule has 0 saturated carbocycles. The van der Waals surface area contributed by atoms with Crippen LogP contribution in [0.4, 0.5) is 5.95 Å². The Labute approximate surface area is 166 Å². The fourth-order valence-electron chi connectivity index (χ4n) is 3.20. The van der Waals surface area contributed by atoms with Gasteiger partial charge in [0, 0.05) is 16.1 Å². The zero-order chi connectivity index (χ0) is 19.7. The van der Waals surface area contributed by atoms with Crippen LogP contribution in [0.5, 0.6) is 5.75 Å². The van der Waals surface area contributed by atoms with Crippen LogP contribution >= 0.6 is 11.3 Å². The SMILES string of the molecule is CCOC(=O)C1=C(C)Nc2nc(-c3ccc(OC)cc3)nn2C1c1cccs1. The molecule has 0 amide bonds. The van der Waals surface area contributed by atoms with E-state index < -0.39 is 0 Å². The van der Waals surface area contributed by atoms with E-state index in [1.54, 1.807) is 30.1 Å². The van der Waals surface area contributed by atoms with Gasteiger partial charge in [-0.05, 0) is 49.6 Å². The molecular formula is C20H20N4O3S. The van der Waals surface area contributed by atoms with Crippen molar-refractivity contribution in [3.63, 3.8) is 0 Å². The van der Waals surface area contributed by atoms with Crippen LogP contribution in [-0.4, -0.2) is 34.5 Å². The molecule has 1 N–H and O–H groups in total. The molecule has 1 atom stereocenters. The molecule has 8 heteroatoms. The van der Waals surface area contributed by atoms with E-state index >= 15 is 0 Å². The third-order valence-electron chi connectivity index (χ3n) is 4.51. The molecule has 1 unspecified atom stereocenters. The summed E-state index contributed by atoms with van der Waals surface area (Å²) in [6, 6.07) is 11.1. The molecule has 4 rings (SSSR count). The van der Waals surface area contributed by atoms with E-state index in [0.717, 1.165) is 21.9 Å². The summed E-state index contributed by atoms with van der Waals surface area (Å²) in [6.07, 6.45) is 0. The number of anilines is 1. The van der Waals surface area contributed by atoms with Crippen molar-refractivity contribution in [2.75, 3.05) is 19.0 Å². The van der Waals surface area contributed by atoms with E-state index in [1.807, 2.05) is 48.7 Å². The summed E-state index contributed by atoms with van der Waals surface area (Å²) in [5.41, 5.74) is 2.13. The molecule has 1 aliphatic heterocycles. The minimum absolute atomic E-state index is 0.314. The third kappa shape index (κ3) is 3.16. The van der Waals surface area contributed by atoms with Gasteiger partial charge in [-0.1, -0.05) is 6.07 Å². The highest BCUT2D eigenvalue weighted by Gasteiger charge is 2.35. The average Bonchev–Trinajstić information content (AvgIpc) is 3.37. The van der Waals surface area contributed by atoms with Crippen molar-refractivity contribution < 1.29 is 14.3 Å². The first kappa shape index (κ1) is 18.2. The molecule has 0 aliphatic carbocycles. The van der Waals surface area contributed by atoms with Crippen LogP contribution in [0.1, 0.15) is 24.8 Å². The molecule has 1 aromatic carbocycles. The first-order valence-corrected chi connectivity index (χ1v) is 9.79. The fourth-order valence-corrected chi connectivity index (χ4v) is 4.01. The zero-order valence-electron chi connectivity index (χ0n) is 15.8. The van der Waals surface area contributed by atoms with Crippen LogP contribution in [0, 0.1) is 0 Å². The van der Waals surface area contributed by atoms with Gasteiger partial charge in [0.15, 0.2) is 5.82 Å². The highest BCUT2D eigenvalue weighted by Crippen LogP contribution is 2.38. The van der Waals surface area contributed by atoms with Crippen molar-refractivity contribution in [3.05, 3.63) is 57.9 Å². The highest BCUT2D eigenvalue weighted by molar-refractivity contribution is 7.10. The Hall–Kier alpha value is -3.13. The van der Waals surface area contributed by atoms with E-state index in [2.05, 4.69) is 10.3 Å². The van der Waals surface area contributed by atoms with Gasteiger partial charge < -0.3 is 14.8 Å². The lowest BCUT2D eigenvalue weighted by atomic mass is 10.0. The number of rotatable bonds is 5. The largest absolute Gasteiger partial charge is 0.497 e. The van der Waals surface area contributed by atoms with Crippen molar-refractivity contribution in [1.82, 2.24) is 14.8 Å². The molecule has 2 aromatic heterocycles. The molecule has 1 aliphatic rings. The second kappa shape index (κ2) is 7.47. The van der Waals surface area contributed by atoms with Gasteiger partial charge in [-0.25, -0.2) is 9.48 Å². The molecule has 0 radical (unpaired) electrons. The number of aromatic nitrogens is 3. The van der Waals surface area contributed by atoms with Crippen LogP contribution in [0.25, 0.3) is 11.4 Å². The van der Waals surface area contributed by atoms with E-state index in [4.69, 9.17) is 14.6 Å². The number of carbonyl (C=O) groups is 1. The summed E-state index contributed by atoms with van der Waals surface area (Å²) < 4.78 is 12.3. The van der Waals surface area contributed by atoms with E-state index in [9.17, 15) is 4.79 Å². The standard InChI is InChI=1S/C20H20N4O3S/c1-4-27-19(25)16-12(2)21-20-22-18(13-7-9-14(26-3)10-8-13)23-24(20)17(16)15-6-5-11-28-15/h5-11,17H,4H2,1-3H3,(H,21,22,23). The number of allylic oxidation sites excluding steroid dienone is 1. The lowest BCUT2D eigenvalue weighted by Gasteiger charge is -2.27. The minimum atomic E-state index is -0.380. The summed E-state index contributed by atoms with van der Waals surface area (Å²) in [6.45, 7) is 3.97. The van der Waals surface area contributed by atoms with Crippen molar-refractivity contribution in [1.29, 1.82) is 0 Å². The summed E-state index contributed by atoms with van der Waals surface area (Å²) in [5.74, 6) is 1.59. The number of benzene rings is 1. The topological polar surface area (TPSA) is 78.3 Å². The highest BCUT2D eigenvalue weighted by atomic mass is 32.1. The summed E-state index contributed by atoms with van der Waals surface area (Å²) in [5, 5.41) is 9.89. The number of esters is 1. The number of fused-ring (bicyclic) bond motifs is 1. The Morgan fingerprint density at radius 3 is 2.71 bits per heavy atom. The Balaban J connectivity index is 1.80. The Morgan fingerprint density at radius 2 is 2.07 bits per heavy atom. The number of nitrogens with zero attached hydrogens (tertiary/aromatic N) is 3. The molecule has 0 spiro atoms. The van der Waals surface area contributed by atoms with Crippen LogP contribution in [0.15, 0.2) is 53.0 Å². The van der Waals surface area contributed by atoms with Gasteiger partial charge in [0.1, 0.15) is 11.8 Å². The van der Waals surface area contributed by atoms with Crippen molar-refractivity contribution in [2.45, 2.75) is 19.9 Å². The maximum Gasteiger partial charge on any atom is 0.338 e. The number of hydrogen-bond donors (Lipinski definition) is 1. The quantitative estimate of drug-likeness (QED) is 0.660. The van der Waals surface area contributed by atoms with Crippen LogP contribution in [0.2, 0.25) is 0 Å². The van der Waals surface area contributed by atoms with E-state index in [0.29, 0.717) is 24.0 Å². The van der Waals surface area contributed by atoms with Crippen LogP contribution in [0.3, 0.4) is 0 Å². The molecule has 3 heterocycles. The molecule has 3 aromatic rings. The number of carbonyl (C=O) groups excluding carboxylic acids is 1. The Bertz CT molecular complexity index is 1020. The second-order valence-electron chi connectivity index (χ2n) is 6.23. The van der Waals surface area contributed by atoms with Crippen LogP contribution in [-0.2, 0) is 9.53 Å². The van der Waals surface area contributed by atoms with Gasteiger partial charge in [0.2, 0.25) is 5.95 Å². The van der Waals surface area contributed by atoms with Gasteiger partial charge in [-0.3, -0.25) is 0 Å². The van der Waals surface area contributed by atoms with E-state index in [-0.39, 0.29) is 12.0 Å². The predicted octanol–water partition coefficient (Wildman–Crippen LogP) is 3.87. The summed E-state index contributed by atoms with van der Waals surface area (Å²) >= 11 is 1.57. The molecule has 7 nitrogen and oxygen atoms in total. The number of nitrogens with one attached hydrogen (secondary N) is 1. The number of thiophene rings is 1. The molecule has 0 fully saturated rings. The lowest BCUT2D eigenvalue weighted by molar-refractivity contribution is -0.139. The zero-order valence-corrected chi connectivity index (χ0v) is 16.6. The Morgan fingerprint density at radius 1 is 1.29 bits per heavy atom. The maximum atomic E-state index is 12.7. The molecule has 28 heavy (non-hydrogen) atoms. The number of hydrogen-bond acceptors (Lipinski definition) is 7. The van der Waals surface area contributed by atoms with Crippen molar-refractivity contribution in [3.8, 4) is 17.1 Å². The maximum absolute atomic E-state index is 12.7. The molecule has 144 valence electrons. The van der Waals surface area contributed by atoms with Gasteiger partial charge in [-0.2, -0.15) is 4.98 Å². The molecule has 0 saturated heterocycles. The number of ether oxygens (including phenoxy) is 2. The van der Waals surface area contributed by atoms with Crippen molar-refractivity contribution >= 4 is 23.3 Å². The first-order valence-electron chi connectivity index (χ1n) is 8.91. The first-order chi connectivity index (χ1) is 13.6. The van der Waals surface area contributed by atoms with Crippen molar-refractivity contribution in [2.24, 2.45) is 0 Å². The normalized spacial score (nSPS) is 15.8. The average molecular weight is 396 g/mol. The van der Waals surface area contributed by atoms with Crippen LogP contribution < -0.4 is 10.1 Å². The smallest absolute Gasteiger partial charge is 0.338 e. The summed E-state index contributed by atoms with van der Waals surface area (Å²) in [4.78, 5) is 18.3. The molecule has 0 bridgehead atoms. The van der Waals surface area contributed by atoms with E-state index in [1.165, 1.54) is 0 Å². The third-order valence-corrected chi connectivity index (χ3v) is 5.43. The van der Waals surface area contributed by atoms with Gasteiger partial charge >= 0.3 is 5.97 Å². The van der Waals surface area contributed by atoms with Gasteiger partial charge in [0.25, 0.3) is 0 Å². The molecular weight excluding hydrogens is 376 g/mol. The Kier molecular flexibility index (Phi) is 4.87. The summed E-state index contributed by atoms with van der Waals surface area (Å²) in [7, 11) is 1.63. The fraction of sp³-hybridized carbons (Fsp3) is 0.250.